The maximum Gasteiger partial charge on any atom is 0.241 e. The van der Waals surface area contributed by atoms with Crippen molar-refractivity contribution in [2.24, 2.45) is 5.92 Å². The summed E-state index contributed by atoms with van der Waals surface area (Å²) in [6.07, 6.45) is -0.729. The highest BCUT2D eigenvalue weighted by molar-refractivity contribution is 4.93. The van der Waals surface area contributed by atoms with E-state index in [0.29, 0.717) is 31.0 Å². The third-order valence-electron chi connectivity index (χ3n) is 3.61. The normalized spacial score (nSPS) is 43.0. The van der Waals surface area contributed by atoms with E-state index in [1.807, 2.05) is 0 Å². The maximum absolute atomic E-state index is 12.3. The van der Waals surface area contributed by atoms with Gasteiger partial charge in [0.25, 0.3) is 0 Å². The minimum atomic E-state index is -2.11. The van der Waals surface area contributed by atoms with Gasteiger partial charge in [0.2, 0.25) is 6.43 Å². The molecule has 1 heterocycles. The lowest BCUT2D eigenvalue weighted by atomic mass is 9.79. The molecule has 2 rings (SSSR count). The third-order valence-corrected chi connectivity index (χ3v) is 3.61. The summed E-state index contributed by atoms with van der Waals surface area (Å²) in [4.78, 5) is 2.38. The van der Waals surface area contributed by atoms with Crippen LogP contribution in [-0.4, -0.2) is 42.5 Å². The van der Waals surface area contributed by atoms with Crippen molar-refractivity contribution in [1.82, 2.24) is 10.2 Å². The average Bonchev–Trinajstić information content (AvgIpc) is 1.97. The van der Waals surface area contributed by atoms with E-state index in [1.54, 1.807) is 0 Å². The predicted molar refractivity (Wildman–Crippen MR) is 56.1 cm³/mol. The molecule has 0 aromatic carbocycles. The molecule has 0 radical (unpaired) electrons. The Morgan fingerprint density at radius 3 is 2.13 bits per heavy atom. The van der Waals surface area contributed by atoms with Gasteiger partial charge in [0.1, 0.15) is 0 Å². The molecule has 1 aliphatic carbocycles. The molecule has 1 N–H and O–H groups in total. The van der Waals surface area contributed by atoms with Crippen LogP contribution < -0.4 is 5.32 Å². The van der Waals surface area contributed by atoms with E-state index < -0.39 is 6.43 Å². The van der Waals surface area contributed by atoms with Crippen LogP contribution in [0.3, 0.4) is 0 Å². The van der Waals surface area contributed by atoms with Gasteiger partial charge in [-0.3, -0.25) is 4.90 Å². The standard InChI is InChI=1S/C11H20F2N2/c1-7-5-15(6-8(2)14-7)10-3-9(4-10)11(12)13/h7-11,14H,3-6H2,1-2H3. The van der Waals surface area contributed by atoms with Crippen LogP contribution in [0.15, 0.2) is 0 Å². The fraction of sp³-hybridized carbons (Fsp3) is 1.00. The van der Waals surface area contributed by atoms with Crippen molar-refractivity contribution in [3.8, 4) is 0 Å². The van der Waals surface area contributed by atoms with Crippen LogP contribution in [0.5, 0.6) is 0 Å². The zero-order valence-corrected chi connectivity index (χ0v) is 9.42. The molecule has 0 aromatic heterocycles. The molecule has 0 amide bonds. The van der Waals surface area contributed by atoms with Crippen molar-refractivity contribution >= 4 is 0 Å². The van der Waals surface area contributed by atoms with E-state index in [1.165, 1.54) is 0 Å². The van der Waals surface area contributed by atoms with E-state index in [-0.39, 0.29) is 5.92 Å². The molecule has 88 valence electrons. The Morgan fingerprint density at radius 2 is 1.67 bits per heavy atom. The molecule has 2 unspecified atom stereocenters. The summed E-state index contributed by atoms with van der Waals surface area (Å²) >= 11 is 0. The Labute approximate surface area is 90.0 Å². The summed E-state index contributed by atoms with van der Waals surface area (Å²) in [6.45, 7) is 6.33. The molecule has 0 bridgehead atoms. The lowest BCUT2D eigenvalue weighted by molar-refractivity contribution is -0.0332. The van der Waals surface area contributed by atoms with E-state index in [0.717, 1.165) is 13.1 Å². The van der Waals surface area contributed by atoms with Crippen LogP contribution in [0, 0.1) is 5.92 Å². The Kier molecular flexibility index (Phi) is 3.26. The van der Waals surface area contributed by atoms with Gasteiger partial charge in [0.15, 0.2) is 0 Å². The number of nitrogens with one attached hydrogen (secondary N) is 1. The van der Waals surface area contributed by atoms with E-state index in [4.69, 9.17) is 0 Å². The monoisotopic (exact) mass is 218 g/mol. The quantitative estimate of drug-likeness (QED) is 0.759. The van der Waals surface area contributed by atoms with Crippen LogP contribution in [0.1, 0.15) is 26.7 Å². The molecule has 0 spiro atoms. The van der Waals surface area contributed by atoms with E-state index in [9.17, 15) is 8.78 Å². The second kappa shape index (κ2) is 4.34. The summed E-state index contributed by atoms with van der Waals surface area (Å²) < 4.78 is 24.7. The Morgan fingerprint density at radius 1 is 1.13 bits per heavy atom. The topological polar surface area (TPSA) is 15.3 Å². The third kappa shape index (κ3) is 2.48. The number of alkyl halides is 2. The second-order valence-electron chi connectivity index (χ2n) is 5.14. The highest BCUT2D eigenvalue weighted by atomic mass is 19.3. The molecular weight excluding hydrogens is 198 g/mol. The van der Waals surface area contributed by atoms with Crippen LogP contribution in [0.25, 0.3) is 0 Å². The summed E-state index contributed by atoms with van der Waals surface area (Å²) in [5, 5.41) is 3.46. The van der Waals surface area contributed by atoms with Gasteiger partial charge in [-0.2, -0.15) is 0 Å². The molecule has 2 atom stereocenters. The SMILES string of the molecule is CC1CN(C2CC(C(F)F)C2)CC(C)N1. The molecule has 1 saturated heterocycles. The number of rotatable bonds is 2. The Bertz CT molecular complexity index is 207. The van der Waals surface area contributed by atoms with Gasteiger partial charge in [-0.05, 0) is 26.7 Å². The van der Waals surface area contributed by atoms with Gasteiger partial charge in [-0.25, -0.2) is 8.78 Å². The van der Waals surface area contributed by atoms with Crippen molar-refractivity contribution in [1.29, 1.82) is 0 Å². The smallest absolute Gasteiger partial charge is 0.241 e. The first-order chi connectivity index (χ1) is 7.06. The summed E-state index contributed by atoms with van der Waals surface area (Å²) in [5.41, 5.74) is 0. The molecule has 2 aliphatic rings. The summed E-state index contributed by atoms with van der Waals surface area (Å²) in [6, 6.07) is 1.38. The fourth-order valence-electron chi connectivity index (χ4n) is 2.80. The molecule has 4 heteroatoms. The highest BCUT2D eigenvalue weighted by Crippen LogP contribution is 2.36. The number of halogens is 2. The molecule has 2 nitrogen and oxygen atoms in total. The highest BCUT2D eigenvalue weighted by Gasteiger charge is 2.40. The predicted octanol–water partition coefficient (Wildman–Crippen LogP) is 1.71. The molecule has 0 aromatic rings. The number of hydrogen-bond donors (Lipinski definition) is 1. The first kappa shape index (κ1) is 11.3. The minimum absolute atomic E-state index is 0.338. The van der Waals surface area contributed by atoms with Gasteiger partial charge >= 0.3 is 0 Å². The molecule has 1 aliphatic heterocycles. The fourth-order valence-corrected chi connectivity index (χ4v) is 2.80. The Hall–Kier alpha value is -0.220. The van der Waals surface area contributed by atoms with Crippen LogP contribution in [-0.2, 0) is 0 Å². The maximum atomic E-state index is 12.3. The lowest BCUT2D eigenvalue weighted by Crippen LogP contribution is -2.59. The van der Waals surface area contributed by atoms with Crippen molar-refractivity contribution < 1.29 is 8.78 Å². The molecule has 2 fully saturated rings. The zero-order valence-electron chi connectivity index (χ0n) is 9.42. The molecule has 1 saturated carbocycles. The zero-order chi connectivity index (χ0) is 11.0. The Balaban J connectivity index is 1.80. The van der Waals surface area contributed by atoms with Crippen LogP contribution in [0.4, 0.5) is 8.78 Å². The summed E-state index contributed by atoms with van der Waals surface area (Å²) in [5.74, 6) is -0.338. The van der Waals surface area contributed by atoms with Gasteiger partial charge in [0, 0.05) is 37.1 Å². The van der Waals surface area contributed by atoms with Crippen molar-refractivity contribution in [3.05, 3.63) is 0 Å². The van der Waals surface area contributed by atoms with Crippen LogP contribution >= 0.6 is 0 Å². The largest absolute Gasteiger partial charge is 0.309 e. The van der Waals surface area contributed by atoms with Gasteiger partial charge in [0.05, 0.1) is 0 Å². The second-order valence-corrected chi connectivity index (χ2v) is 5.14. The minimum Gasteiger partial charge on any atom is -0.309 e. The van der Waals surface area contributed by atoms with Crippen LogP contribution in [0.2, 0.25) is 0 Å². The summed E-state index contributed by atoms with van der Waals surface area (Å²) in [7, 11) is 0. The van der Waals surface area contributed by atoms with Gasteiger partial charge in [-0.15, -0.1) is 0 Å². The first-order valence-electron chi connectivity index (χ1n) is 5.84. The number of nitrogens with zero attached hydrogens (tertiary/aromatic N) is 1. The van der Waals surface area contributed by atoms with Gasteiger partial charge < -0.3 is 5.32 Å². The molecular formula is C11H20F2N2. The average molecular weight is 218 g/mol. The van der Waals surface area contributed by atoms with Crippen molar-refractivity contribution in [2.75, 3.05) is 13.1 Å². The number of piperazine rings is 1. The first-order valence-corrected chi connectivity index (χ1v) is 5.84. The van der Waals surface area contributed by atoms with Gasteiger partial charge in [-0.1, -0.05) is 0 Å². The van der Waals surface area contributed by atoms with Crippen molar-refractivity contribution in [3.63, 3.8) is 0 Å². The lowest BCUT2D eigenvalue weighted by Gasteiger charge is -2.47. The molecule has 15 heavy (non-hydrogen) atoms. The number of hydrogen-bond acceptors (Lipinski definition) is 2. The van der Waals surface area contributed by atoms with E-state index in [2.05, 4.69) is 24.1 Å². The van der Waals surface area contributed by atoms with Crippen molar-refractivity contribution in [2.45, 2.75) is 51.2 Å². The van der Waals surface area contributed by atoms with E-state index >= 15 is 0 Å².